The third-order valence-corrected chi connectivity index (χ3v) is 2.64. The maximum atomic E-state index is 11.9. The number of nitrogen functional groups attached to an aromatic ring is 1. The van der Waals surface area contributed by atoms with Crippen molar-refractivity contribution in [3.8, 4) is 11.5 Å². The summed E-state index contributed by atoms with van der Waals surface area (Å²) in [6, 6.07) is 14.3. The summed E-state index contributed by atoms with van der Waals surface area (Å²) < 4.78 is 5.68. The molecular weight excluding hydrogens is 240 g/mol. The van der Waals surface area contributed by atoms with Crippen LogP contribution in [0.25, 0.3) is 0 Å². The second kappa shape index (κ2) is 5.44. The summed E-state index contributed by atoms with van der Waals surface area (Å²) in [5.41, 5.74) is 6.91. The van der Waals surface area contributed by atoms with Crippen molar-refractivity contribution >= 4 is 11.6 Å². The van der Waals surface area contributed by atoms with Crippen molar-refractivity contribution in [1.29, 1.82) is 0 Å². The molecule has 0 atom stereocenters. The van der Waals surface area contributed by atoms with Gasteiger partial charge in [0.15, 0.2) is 5.75 Å². The molecule has 0 radical (unpaired) electrons. The Morgan fingerprint density at radius 2 is 1.79 bits per heavy atom. The van der Waals surface area contributed by atoms with E-state index in [1.54, 1.807) is 32.3 Å². The van der Waals surface area contributed by atoms with E-state index in [0.717, 1.165) is 0 Å². The Morgan fingerprint density at radius 1 is 1.11 bits per heavy atom. The molecule has 2 N–H and O–H groups in total. The summed E-state index contributed by atoms with van der Waals surface area (Å²) in [6.07, 6.45) is 0. The van der Waals surface area contributed by atoms with Gasteiger partial charge in [-0.05, 0) is 30.3 Å². The van der Waals surface area contributed by atoms with E-state index in [4.69, 9.17) is 10.5 Å². The number of nitrogens with two attached hydrogens (primary N) is 1. The van der Waals surface area contributed by atoms with Gasteiger partial charge in [0, 0.05) is 19.7 Å². The van der Waals surface area contributed by atoms with Crippen LogP contribution in [0.15, 0.2) is 48.5 Å². The molecule has 0 aliphatic carbocycles. The van der Waals surface area contributed by atoms with Gasteiger partial charge in [0.25, 0.3) is 5.91 Å². The first-order valence-corrected chi connectivity index (χ1v) is 5.92. The molecule has 0 spiro atoms. The third-order valence-electron chi connectivity index (χ3n) is 2.64. The maximum Gasteiger partial charge on any atom is 0.253 e. The molecule has 0 aliphatic heterocycles. The zero-order valence-electron chi connectivity index (χ0n) is 11.0. The number of para-hydroxylation sites is 1. The molecule has 0 unspecified atom stereocenters. The molecule has 0 heterocycles. The highest BCUT2D eigenvalue weighted by molar-refractivity contribution is 5.94. The SMILES string of the molecule is CN(C)C(=O)c1ccc(N)c(Oc2ccccc2)c1. The highest BCUT2D eigenvalue weighted by Crippen LogP contribution is 2.28. The van der Waals surface area contributed by atoms with E-state index in [9.17, 15) is 4.79 Å². The molecule has 4 nitrogen and oxygen atoms in total. The molecule has 0 bridgehead atoms. The molecule has 19 heavy (non-hydrogen) atoms. The largest absolute Gasteiger partial charge is 0.455 e. The van der Waals surface area contributed by atoms with Crippen LogP contribution in [0.2, 0.25) is 0 Å². The van der Waals surface area contributed by atoms with Crippen LogP contribution in [0.3, 0.4) is 0 Å². The zero-order chi connectivity index (χ0) is 13.8. The molecule has 2 aromatic rings. The normalized spacial score (nSPS) is 10.0. The Balaban J connectivity index is 2.30. The number of anilines is 1. The first-order chi connectivity index (χ1) is 9.08. The number of carbonyl (C=O) groups is 1. The molecule has 0 aromatic heterocycles. The first kappa shape index (κ1) is 13.0. The fourth-order valence-corrected chi connectivity index (χ4v) is 1.63. The van der Waals surface area contributed by atoms with Crippen LogP contribution >= 0.6 is 0 Å². The van der Waals surface area contributed by atoms with Crippen molar-refractivity contribution < 1.29 is 9.53 Å². The van der Waals surface area contributed by atoms with Crippen LogP contribution in [-0.4, -0.2) is 24.9 Å². The van der Waals surface area contributed by atoms with Crippen molar-refractivity contribution in [2.45, 2.75) is 0 Å². The number of ether oxygens (including phenoxy) is 1. The van der Waals surface area contributed by atoms with Crippen molar-refractivity contribution in [3.63, 3.8) is 0 Å². The predicted molar refractivity (Wildman–Crippen MR) is 75.4 cm³/mol. The van der Waals surface area contributed by atoms with Crippen LogP contribution in [-0.2, 0) is 0 Å². The topological polar surface area (TPSA) is 55.6 Å². The second-order valence-electron chi connectivity index (χ2n) is 4.37. The Hall–Kier alpha value is -2.49. The molecule has 0 saturated carbocycles. The van der Waals surface area contributed by atoms with Crippen LogP contribution < -0.4 is 10.5 Å². The van der Waals surface area contributed by atoms with Gasteiger partial charge in [-0.1, -0.05) is 18.2 Å². The minimum absolute atomic E-state index is 0.0853. The second-order valence-corrected chi connectivity index (χ2v) is 4.37. The molecular formula is C15H16N2O2. The van der Waals surface area contributed by atoms with E-state index < -0.39 is 0 Å². The van der Waals surface area contributed by atoms with Crippen LogP contribution in [0, 0.1) is 0 Å². The average molecular weight is 256 g/mol. The number of amides is 1. The van der Waals surface area contributed by atoms with E-state index in [-0.39, 0.29) is 5.91 Å². The first-order valence-electron chi connectivity index (χ1n) is 5.92. The van der Waals surface area contributed by atoms with Crippen LogP contribution in [0.5, 0.6) is 11.5 Å². The molecule has 0 fully saturated rings. The highest BCUT2D eigenvalue weighted by atomic mass is 16.5. The Morgan fingerprint density at radius 3 is 2.42 bits per heavy atom. The van der Waals surface area contributed by atoms with Crippen molar-refractivity contribution in [1.82, 2.24) is 4.90 Å². The van der Waals surface area contributed by atoms with Crippen LogP contribution in [0.1, 0.15) is 10.4 Å². The average Bonchev–Trinajstić information content (AvgIpc) is 2.41. The molecule has 0 aliphatic rings. The summed E-state index contributed by atoms with van der Waals surface area (Å²) >= 11 is 0. The summed E-state index contributed by atoms with van der Waals surface area (Å²) in [5.74, 6) is 1.08. The molecule has 2 rings (SSSR count). The van der Waals surface area contributed by atoms with E-state index in [1.807, 2.05) is 30.3 Å². The molecule has 0 saturated heterocycles. The van der Waals surface area contributed by atoms with Gasteiger partial charge in [0.05, 0.1) is 5.69 Å². The minimum atomic E-state index is -0.0853. The van der Waals surface area contributed by atoms with Gasteiger partial charge in [-0.2, -0.15) is 0 Å². The smallest absolute Gasteiger partial charge is 0.253 e. The van der Waals surface area contributed by atoms with Crippen molar-refractivity contribution in [2.24, 2.45) is 0 Å². The number of rotatable bonds is 3. The van der Waals surface area contributed by atoms with Gasteiger partial charge in [0.1, 0.15) is 5.75 Å². The van der Waals surface area contributed by atoms with E-state index in [0.29, 0.717) is 22.7 Å². The summed E-state index contributed by atoms with van der Waals surface area (Å²) in [6.45, 7) is 0. The molecule has 98 valence electrons. The summed E-state index contributed by atoms with van der Waals surface area (Å²) in [4.78, 5) is 13.4. The predicted octanol–water partition coefficient (Wildman–Crippen LogP) is 2.76. The molecule has 2 aromatic carbocycles. The fraction of sp³-hybridized carbons (Fsp3) is 0.133. The Bertz CT molecular complexity index is 580. The van der Waals surface area contributed by atoms with Gasteiger partial charge < -0.3 is 15.4 Å². The van der Waals surface area contributed by atoms with E-state index >= 15 is 0 Å². The van der Waals surface area contributed by atoms with E-state index in [1.165, 1.54) is 4.90 Å². The zero-order valence-corrected chi connectivity index (χ0v) is 11.0. The fourth-order valence-electron chi connectivity index (χ4n) is 1.63. The number of nitrogens with zero attached hydrogens (tertiary/aromatic N) is 1. The van der Waals surface area contributed by atoms with E-state index in [2.05, 4.69) is 0 Å². The molecule has 1 amide bonds. The van der Waals surface area contributed by atoms with Gasteiger partial charge in [-0.3, -0.25) is 4.79 Å². The van der Waals surface area contributed by atoms with Gasteiger partial charge in [0.2, 0.25) is 0 Å². The number of carbonyl (C=O) groups excluding carboxylic acids is 1. The highest BCUT2D eigenvalue weighted by Gasteiger charge is 2.11. The van der Waals surface area contributed by atoms with Gasteiger partial charge in [-0.15, -0.1) is 0 Å². The summed E-state index contributed by atoms with van der Waals surface area (Å²) in [5, 5.41) is 0. The molecule has 4 heteroatoms. The van der Waals surface area contributed by atoms with Crippen molar-refractivity contribution in [2.75, 3.05) is 19.8 Å². The van der Waals surface area contributed by atoms with Gasteiger partial charge in [-0.25, -0.2) is 0 Å². The number of hydrogen-bond acceptors (Lipinski definition) is 3. The lowest BCUT2D eigenvalue weighted by molar-refractivity contribution is 0.0827. The maximum absolute atomic E-state index is 11.9. The lowest BCUT2D eigenvalue weighted by Crippen LogP contribution is -2.21. The quantitative estimate of drug-likeness (QED) is 0.859. The number of hydrogen-bond donors (Lipinski definition) is 1. The van der Waals surface area contributed by atoms with Crippen molar-refractivity contribution in [3.05, 3.63) is 54.1 Å². The number of benzene rings is 2. The Kier molecular flexibility index (Phi) is 3.71. The standard InChI is InChI=1S/C15H16N2O2/c1-17(2)15(18)11-8-9-13(16)14(10-11)19-12-6-4-3-5-7-12/h3-10H,16H2,1-2H3. The lowest BCUT2D eigenvalue weighted by atomic mass is 10.1. The van der Waals surface area contributed by atoms with Crippen LogP contribution in [0.4, 0.5) is 5.69 Å². The lowest BCUT2D eigenvalue weighted by Gasteiger charge is -2.13. The third kappa shape index (κ3) is 3.04. The van der Waals surface area contributed by atoms with Gasteiger partial charge >= 0.3 is 0 Å². The Labute approximate surface area is 112 Å². The monoisotopic (exact) mass is 256 g/mol. The summed E-state index contributed by atoms with van der Waals surface area (Å²) in [7, 11) is 3.41. The minimum Gasteiger partial charge on any atom is -0.455 e.